The lowest BCUT2D eigenvalue weighted by molar-refractivity contribution is -0.134. The Labute approximate surface area is 241 Å². The molecule has 3 aliphatic carbocycles. The van der Waals surface area contributed by atoms with Gasteiger partial charge in [0.05, 0.1) is 5.92 Å². The average Bonchev–Trinajstić information content (AvgIpc) is 2.99. The van der Waals surface area contributed by atoms with Gasteiger partial charge < -0.3 is 19.5 Å². The predicted molar refractivity (Wildman–Crippen MR) is 148 cm³/mol. The van der Waals surface area contributed by atoms with Gasteiger partial charge in [0, 0.05) is 48.0 Å². The minimum Gasteiger partial charge on any atom is -0.483 e. The molecule has 1 amide bonds. The number of carboxylic acid groups (broad SMARTS) is 1. The Morgan fingerprint density at radius 3 is 2.21 bits per heavy atom. The van der Waals surface area contributed by atoms with Gasteiger partial charge in [-0.2, -0.15) is 0 Å². The van der Waals surface area contributed by atoms with Crippen LogP contribution in [-0.2, 0) is 16.0 Å². The minimum atomic E-state index is -1.71. The number of aryl methyl sites for hydroxylation is 2. The van der Waals surface area contributed by atoms with Crippen molar-refractivity contribution in [1.82, 2.24) is 4.90 Å². The Balaban J connectivity index is 1.52. The van der Waals surface area contributed by atoms with Crippen LogP contribution in [0.3, 0.4) is 0 Å². The fourth-order valence-electron chi connectivity index (χ4n) is 6.89. The van der Waals surface area contributed by atoms with Gasteiger partial charge in [0.1, 0.15) is 16.9 Å². The number of hydrogen-bond acceptors (Lipinski definition) is 8. The maximum atomic E-state index is 14.4. The smallest absolute Gasteiger partial charge is 0.339 e. The number of likely N-dealkylation sites (tertiary alicyclic amines) is 1. The van der Waals surface area contributed by atoms with Crippen LogP contribution in [0, 0.1) is 6.92 Å². The van der Waals surface area contributed by atoms with Crippen LogP contribution < -0.4 is 4.74 Å². The van der Waals surface area contributed by atoms with Gasteiger partial charge in [-0.3, -0.25) is 24.0 Å². The number of rotatable bonds is 5. The van der Waals surface area contributed by atoms with Crippen LogP contribution in [0.4, 0.5) is 0 Å². The summed E-state index contributed by atoms with van der Waals surface area (Å²) < 4.78 is 11.9. The van der Waals surface area contributed by atoms with Gasteiger partial charge in [-0.25, -0.2) is 4.79 Å². The van der Waals surface area contributed by atoms with E-state index in [1.54, 1.807) is 17.9 Å². The number of nitrogens with zero attached hydrogens (tertiary/aromatic N) is 1. The molecule has 0 bridgehead atoms. The first-order valence-corrected chi connectivity index (χ1v) is 14.0. The molecule has 1 saturated heterocycles. The molecule has 10 heteroatoms. The fraction of sp³-hybridized carbons (Fsp3) is 0.375. The Morgan fingerprint density at radius 1 is 0.952 bits per heavy atom. The van der Waals surface area contributed by atoms with Crippen molar-refractivity contribution in [1.29, 1.82) is 0 Å². The second-order valence-corrected chi connectivity index (χ2v) is 11.2. The molecule has 1 aliphatic heterocycles. The molecule has 2 aromatic rings. The molecule has 4 aliphatic rings. The highest BCUT2D eigenvalue weighted by molar-refractivity contribution is 6.27. The third kappa shape index (κ3) is 4.04. The molecule has 216 valence electrons. The summed E-state index contributed by atoms with van der Waals surface area (Å²) in [4.78, 5) is 81.0. The van der Waals surface area contributed by atoms with Crippen molar-refractivity contribution in [3.8, 4) is 5.75 Å². The first-order valence-electron chi connectivity index (χ1n) is 14.0. The molecule has 1 N–H and O–H groups in total. The Bertz CT molecular complexity index is 1650. The van der Waals surface area contributed by atoms with E-state index >= 15 is 0 Å². The van der Waals surface area contributed by atoms with Crippen molar-refractivity contribution in [2.45, 2.75) is 50.5 Å². The number of hydrogen-bond donors (Lipinski definition) is 1. The number of carbonyl (C=O) groups excluding carboxylic acids is 5. The fourth-order valence-corrected chi connectivity index (χ4v) is 6.89. The second-order valence-electron chi connectivity index (χ2n) is 11.2. The van der Waals surface area contributed by atoms with Crippen molar-refractivity contribution in [2.24, 2.45) is 0 Å². The number of ether oxygens (including phenoxy) is 2. The normalized spacial score (nSPS) is 22.7. The molecule has 10 nitrogen and oxygen atoms in total. The number of ketones is 4. The predicted octanol–water partition coefficient (Wildman–Crippen LogP) is 3.51. The maximum absolute atomic E-state index is 14.4. The van der Waals surface area contributed by atoms with Crippen LogP contribution in [0.15, 0.2) is 30.4 Å². The number of carbonyl (C=O) groups is 6. The van der Waals surface area contributed by atoms with Gasteiger partial charge in [0.25, 0.3) is 5.91 Å². The molecule has 2 aromatic carbocycles. The number of aromatic carboxylic acids is 1. The van der Waals surface area contributed by atoms with Crippen molar-refractivity contribution in [2.75, 3.05) is 26.8 Å². The van der Waals surface area contributed by atoms with E-state index in [-0.39, 0.29) is 57.9 Å². The molecule has 1 fully saturated rings. The van der Waals surface area contributed by atoms with E-state index in [0.29, 0.717) is 24.2 Å². The number of allylic oxidation sites excluding steroid dienone is 2. The first kappa shape index (κ1) is 27.7. The van der Waals surface area contributed by atoms with Crippen LogP contribution in [-0.4, -0.2) is 77.4 Å². The molecule has 6 rings (SSSR count). The van der Waals surface area contributed by atoms with Gasteiger partial charge in [-0.05, 0) is 74.4 Å². The summed E-state index contributed by atoms with van der Waals surface area (Å²) >= 11 is 0. The zero-order chi connectivity index (χ0) is 29.9. The van der Waals surface area contributed by atoms with Crippen LogP contribution in [0.5, 0.6) is 5.75 Å². The van der Waals surface area contributed by atoms with E-state index in [4.69, 9.17) is 9.47 Å². The molecule has 0 radical (unpaired) electrons. The van der Waals surface area contributed by atoms with E-state index in [0.717, 1.165) is 31.4 Å². The molecule has 2 atom stereocenters. The lowest BCUT2D eigenvalue weighted by atomic mass is 9.61. The van der Waals surface area contributed by atoms with E-state index in [2.05, 4.69) is 0 Å². The quantitative estimate of drug-likeness (QED) is 0.570. The van der Waals surface area contributed by atoms with Gasteiger partial charge in [0.15, 0.2) is 29.7 Å². The van der Waals surface area contributed by atoms with Crippen LogP contribution in [0.1, 0.15) is 100 Å². The lowest BCUT2D eigenvalue weighted by Crippen LogP contribution is -2.55. The van der Waals surface area contributed by atoms with Crippen LogP contribution in [0.25, 0.3) is 0 Å². The highest BCUT2D eigenvalue weighted by Crippen LogP contribution is 2.53. The summed E-state index contributed by atoms with van der Waals surface area (Å²) in [6, 6.07) is 4.23. The van der Waals surface area contributed by atoms with Crippen LogP contribution in [0.2, 0.25) is 0 Å². The zero-order valence-corrected chi connectivity index (χ0v) is 23.3. The molecule has 2 unspecified atom stereocenters. The Morgan fingerprint density at radius 2 is 1.60 bits per heavy atom. The third-order valence-electron chi connectivity index (χ3n) is 8.98. The van der Waals surface area contributed by atoms with Gasteiger partial charge in [-0.15, -0.1) is 0 Å². The van der Waals surface area contributed by atoms with Gasteiger partial charge >= 0.3 is 5.97 Å². The molecular formula is C32H29NO9. The molecule has 0 aromatic heterocycles. The van der Waals surface area contributed by atoms with Crippen molar-refractivity contribution < 1.29 is 43.3 Å². The SMILES string of the molecule is COC12CCc3cc(C)c(C(=O)O)c(OCC(=O)N4CCCCC4)c3C1C(=O)c1cc3c(cc1C2=O)C(=O)C=CC3=O. The van der Waals surface area contributed by atoms with E-state index in [9.17, 15) is 33.9 Å². The monoisotopic (exact) mass is 571 g/mol. The lowest BCUT2D eigenvalue weighted by Gasteiger charge is -2.45. The summed E-state index contributed by atoms with van der Waals surface area (Å²) in [5.74, 6) is -5.05. The molecule has 0 saturated carbocycles. The number of amides is 1. The van der Waals surface area contributed by atoms with Crippen molar-refractivity contribution in [3.05, 3.63) is 74.9 Å². The summed E-state index contributed by atoms with van der Waals surface area (Å²) in [7, 11) is 1.32. The Kier molecular flexibility index (Phi) is 6.68. The largest absolute Gasteiger partial charge is 0.483 e. The second kappa shape index (κ2) is 10.1. The van der Waals surface area contributed by atoms with Crippen LogP contribution >= 0.6 is 0 Å². The van der Waals surface area contributed by atoms with E-state index in [1.165, 1.54) is 19.2 Å². The maximum Gasteiger partial charge on any atom is 0.339 e. The average molecular weight is 572 g/mol. The topological polar surface area (TPSA) is 144 Å². The highest BCUT2D eigenvalue weighted by Gasteiger charge is 2.58. The summed E-state index contributed by atoms with van der Waals surface area (Å²) in [5, 5.41) is 10.2. The molecular weight excluding hydrogens is 542 g/mol. The minimum absolute atomic E-state index is 0.0158. The number of fused-ring (bicyclic) bond motifs is 5. The van der Waals surface area contributed by atoms with Gasteiger partial charge in [-0.1, -0.05) is 6.07 Å². The van der Waals surface area contributed by atoms with E-state index < -0.39 is 47.2 Å². The Hall–Kier alpha value is -4.44. The number of methoxy groups -OCH3 is 1. The van der Waals surface area contributed by atoms with Gasteiger partial charge in [0.2, 0.25) is 0 Å². The molecule has 42 heavy (non-hydrogen) atoms. The van der Waals surface area contributed by atoms with Crippen molar-refractivity contribution in [3.63, 3.8) is 0 Å². The number of benzene rings is 2. The first-order chi connectivity index (χ1) is 20.1. The summed E-state index contributed by atoms with van der Waals surface area (Å²) in [6.07, 6.45) is 5.40. The highest BCUT2D eigenvalue weighted by atomic mass is 16.5. The summed E-state index contributed by atoms with van der Waals surface area (Å²) in [5.41, 5.74) is -0.717. The number of Topliss-reactive ketones (excluding diaryl/α,β-unsaturated/α-hetero) is 2. The zero-order valence-electron chi connectivity index (χ0n) is 23.3. The van der Waals surface area contributed by atoms with Crippen molar-refractivity contribution >= 4 is 35.0 Å². The van der Waals surface area contributed by atoms with E-state index in [1.807, 2.05) is 0 Å². The summed E-state index contributed by atoms with van der Waals surface area (Å²) in [6.45, 7) is 2.35. The standard InChI is InChI=1S/C32H29NO9/c1-16-12-17-8-9-32(41-2)27(26(17)29(25(16)31(39)40)42-15-24(36)33-10-4-3-5-11-33)28(37)20-13-18-19(14-21(20)30(32)38)23(35)7-6-22(18)34/h6-7,12-14,27H,3-5,8-11,15H2,1-2H3,(H,39,40). The third-order valence-corrected chi connectivity index (χ3v) is 8.98. The number of carboxylic acids is 1. The number of piperidine rings is 1. The molecule has 0 spiro atoms. The molecule has 1 heterocycles.